The lowest BCUT2D eigenvalue weighted by atomic mass is 9.92. The summed E-state index contributed by atoms with van der Waals surface area (Å²) in [5.41, 5.74) is 1.50. The molecule has 164 valence electrons. The number of amides is 1. The van der Waals surface area contributed by atoms with Gasteiger partial charge in [-0.2, -0.15) is 0 Å². The summed E-state index contributed by atoms with van der Waals surface area (Å²) in [6.07, 6.45) is 9.82. The number of nitrogens with one attached hydrogen (secondary N) is 1. The van der Waals surface area contributed by atoms with Gasteiger partial charge < -0.3 is 14.8 Å². The molecule has 1 saturated heterocycles. The Morgan fingerprint density at radius 1 is 1.10 bits per heavy atom. The number of likely N-dealkylation sites (tertiary alicyclic amines) is 1. The van der Waals surface area contributed by atoms with Gasteiger partial charge in [-0.25, -0.2) is 13.4 Å². The van der Waals surface area contributed by atoms with E-state index in [1.807, 2.05) is 24.3 Å². The minimum Gasteiger partial charge on any atom is -0.352 e. The summed E-state index contributed by atoms with van der Waals surface area (Å²) in [6.45, 7) is 2.18. The Bertz CT molecular complexity index is 987. The first-order valence-electron chi connectivity index (χ1n) is 11.0. The van der Waals surface area contributed by atoms with E-state index in [1.165, 1.54) is 38.4 Å². The Morgan fingerprint density at radius 3 is 2.50 bits per heavy atom. The van der Waals surface area contributed by atoms with E-state index in [0.717, 1.165) is 37.5 Å². The fraction of sp³-hybridized carbons (Fsp3) is 0.636. The molecule has 0 unspecified atom stereocenters. The molecule has 4 rings (SSSR count). The van der Waals surface area contributed by atoms with Crippen LogP contribution in [0.4, 0.5) is 0 Å². The number of rotatable bonds is 6. The zero-order valence-electron chi connectivity index (χ0n) is 17.7. The number of benzene rings is 1. The number of carbonyl (C=O) groups excluding carboxylic acids is 1. The summed E-state index contributed by atoms with van der Waals surface area (Å²) in [5, 5.41) is 3.17. The molecule has 1 aliphatic carbocycles. The number of piperidine rings is 1. The number of hydrogen-bond donors (Lipinski definition) is 1. The van der Waals surface area contributed by atoms with Crippen LogP contribution in [0.5, 0.6) is 0 Å². The second-order valence-electron chi connectivity index (χ2n) is 8.84. The van der Waals surface area contributed by atoms with Crippen molar-refractivity contribution in [2.45, 2.75) is 69.3 Å². The molecule has 1 saturated carbocycles. The third-order valence-corrected chi connectivity index (χ3v) is 7.19. The number of aromatic nitrogens is 2. The van der Waals surface area contributed by atoms with Crippen LogP contribution in [-0.4, -0.2) is 60.2 Å². The highest BCUT2D eigenvalue weighted by molar-refractivity contribution is 7.89. The number of carbonyl (C=O) groups is 1. The van der Waals surface area contributed by atoms with Crippen LogP contribution >= 0.6 is 0 Å². The van der Waals surface area contributed by atoms with Crippen LogP contribution in [0.3, 0.4) is 0 Å². The highest BCUT2D eigenvalue weighted by Gasteiger charge is 2.27. The van der Waals surface area contributed by atoms with Crippen LogP contribution in [-0.2, 0) is 26.9 Å². The molecule has 0 atom stereocenters. The number of para-hydroxylation sites is 2. The summed E-state index contributed by atoms with van der Waals surface area (Å²) < 4.78 is 25.4. The molecular weight excluding hydrogens is 400 g/mol. The standard InChI is InChI=1S/C22H32N4O3S/c1-30(28,29)16-21-24-19-9-5-6-10-20(19)26(21)15-22(27)23-17-11-13-25(14-12-17)18-7-3-2-4-8-18/h5-6,9-10,17-18H,2-4,7-8,11-16H2,1H3,(H,23,27). The molecule has 1 N–H and O–H groups in total. The van der Waals surface area contributed by atoms with Crippen LogP contribution in [0.25, 0.3) is 11.0 Å². The average Bonchev–Trinajstić information content (AvgIpc) is 3.04. The minimum atomic E-state index is -3.25. The zero-order chi connectivity index (χ0) is 21.1. The Labute approximate surface area is 178 Å². The van der Waals surface area contributed by atoms with Gasteiger partial charge in [0, 0.05) is 31.4 Å². The quantitative estimate of drug-likeness (QED) is 0.758. The van der Waals surface area contributed by atoms with Gasteiger partial charge in [-0.1, -0.05) is 31.4 Å². The van der Waals surface area contributed by atoms with E-state index < -0.39 is 9.84 Å². The van der Waals surface area contributed by atoms with Gasteiger partial charge in [-0.15, -0.1) is 0 Å². The van der Waals surface area contributed by atoms with Crippen molar-refractivity contribution in [3.8, 4) is 0 Å². The number of sulfone groups is 1. The number of imidazole rings is 1. The van der Waals surface area contributed by atoms with E-state index in [9.17, 15) is 13.2 Å². The van der Waals surface area contributed by atoms with Gasteiger partial charge in [0.05, 0.1) is 11.0 Å². The largest absolute Gasteiger partial charge is 0.352 e. The van der Waals surface area contributed by atoms with E-state index in [0.29, 0.717) is 11.3 Å². The lowest BCUT2D eigenvalue weighted by Gasteiger charge is -2.39. The minimum absolute atomic E-state index is 0.0796. The molecule has 2 heterocycles. The highest BCUT2D eigenvalue weighted by atomic mass is 32.2. The fourth-order valence-electron chi connectivity index (χ4n) is 4.92. The monoisotopic (exact) mass is 432 g/mol. The Morgan fingerprint density at radius 2 is 1.80 bits per heavy atom. The summed E-state index contributed by atoms with van der Waals surface area (Å²) in [4.78, 5) is 19.9. The van der Waals surface area contributed by atoms with Crippen molar-refractivity contribution >= 4 is 26.8 Å². The number of nitrogens with zero attached hydrogens (tertiary/aromatic N) is 3. The van der Waals surface area contributed by atoms with Gasteiger partial charge in [0.15, 0.2) is 9.84 Å². The van der Waals surface area contributed by atoms with Crippen molar-refractivity contribution in [1.29, 1.82) is 0 Å². The van der Waals surface area contributed by atoms with Crippen molar-refractivity contribution in [2.24, 2.45) is 0 Å². The molecule has 0 bridgehead atoms. The Balaban J connectivity index is 1.38. The summed E-state index contributed by atoms with van der Waals surface area (Å²) >= 11 is 0. The van der Waals surface area contributed by atoms with Gasteiger partial charge in [-0.05, 0) is 37.8 Å². The molecule has 0 radical (unpaired) electrons. The second-order valence-corrected chi connectivity index (χ2v) is 11.0. The number of fused-ring (bicyclic) bond motifs is 1. The summed E-state index contributed by atoms with van der Waals surface area (Å²) in [6, 6.07) is 8.38. The van der Waals surface area contributed by atoms with Crippen molar-refractivity contribution in [2.75, 3.05) is 19.3 Å². The Kier molecular flexibility index (Phi) is 6.43. The maximum atomic E-state index is 12.8. The van der Waals surface area contributed by atoms with Crippen LogP contribution in [0.15, 0.2) is 24.3 Å². The molecule has 8 heteroatoms. The van der Waals surface area contributed by atoms with E-state index in [1.54, 1.807) is 4.57 Å². The zero-order valence-corrected chi connectivity index (χ0v) is 18.5. The lowest BCUT2D eigenvalue weighted by Crippen LogP contribution is -2.48. The van der Waals surface area contributed by atoms with Crippen molar-refractivity contribution in [3.63, 3.8) is 0 Å². The second kappa shape index (κ2) is 9.06. The molecule has 30 heavy (non-hydrogen) atoms. The molecule has 1 aromatic carbocycles. The molecular formula is C22H32N4O3S. The van der Waals surface area contributed by atoms with Crippen LogP contribution in [0.2, 0.25) is 0 Å². The predicted molar refractivity (Wildman–Crippen MR) is 118 cm³/mol. The third kappa shape index (κ3) is 5.21. The molecule has 0 spiro atoms. The molecule has 7 nitrogen and oxygen atoms in total. The maximum absolute atomic E-state index is 12.8. The van der Waals surface area contributed by atoms with E-state index >= 15 is 0 Å². The molecule has 2 fully saturated rings. The summed E-state index contributed by atoms with van der Waals surface area (Å²) in [7, 11) is -3.25. The first kappa shape index (κ1) is 21.3. The lowest BCUT2D eigenvalue weighted by molar-refractivity contribution is -0.122. The van der Waals surface area contributed by atoms with E-state index in [-0.39, 0.29) is 24.2 Å². The fourth-order valence-corrected chi connectivity index (χ4v) is 5.61. The third-order valence-electron chi connectivity index (χ3n) is 6.41. The molecule has 1 aliphatic heterocycles. The molecule has 2 aromatic rings. The van der Waals surface area contributed by atoms with Crippen LogP contribution < -0.4 is 5.32 Å². The first-order chi connectivity index (χ1) is 14.4. The highest BCUT2D eigenvalue weighted by Crippen LogP contribution is 2.25. The van der Waals surface area contributed by atoms with Crippen LogP contribution in [0, 0.1) is 0 Å². The van der Waals surface area contributed by atoms with Gasteiger partial charge >= 0.3 is 0 Å². The normalized spacial score (nSPS) is 19.9. The molecule has 1 amide bonds. The van der Waals surface area contributed by atoms with Crippen molar-refractivity contribution < 1.29 is 13.2 Å². The van der Waals surface area contributed by atoms with Crippen molar-refractivity contribution in [3.05, 3.63) is 30.1 Å². The topological polar surface area (TPSA) is 84.3 Å². The average molecular weight is 433 g/mol. The number of hydrogen-bond acceptors (Lipinski definition) is 5. The molecule has 1 aromatic heterocycles. The van der Waals surface area contributed by atoms with Gasteiger partial charge in [-0.3, -0.25) is 4.79 Å². The van der Waals surface area contributed by atoms with E-state index in [2.05, 4.69) is 15.2 Å². The van der Waals surface area contributed by atoms with Crippen LogP contribution in [0.1, 0.15) is 50.8 Å². The smallest absolute Gasteiger partial charge is 0.240 e. The first-order valence-corrected chi connectivity index (χ1v) is 13.1. The van der Waals surface area contributed by atoms with E-state index in [4.69, 9.17) is 0 Å². The Hall–Kier alpha value is -1.93. The predicted octanol–water partition coefficient (Wildman–Crippen LogP) is 2.49. The van der Waals surface area contributed by atoms with Gasteiger partial charge in [0.2, 0.25) is 5.91 Å². The van der Waals surface area contributed by atoms with Gasteiger partial charge in [0.25, 0.3) is 0 Å². The van der Waals surface area contributed by atoms with Gasteiger partial charge in [0.1, 0.15) is 18.1 Å². The molecule has 2 aliphatic rings. The van der Waals surface area contributed by atoms with Crippen molar-refractivity contribution in [1.82, 2.24) is 19.8 Å². The maximum Gasteiger partial charge on any atom is 0.240 e. The summed E-state index contributed by atoms with van der Waals surface area (Å²) in [5.74, 6) is 0.166. The SMILES string of the molecule is CS(=O)(=O)Cc1nc2ccccc2n1CC(=O)NC1CCN(C2CCCCC2)CC1.